The Bertz CT molecular complexity index is 334. The molecule has 0 radical (unpaired) electrons. The van der Waals surface area contributed by atoms with Gasteiger partial charge in [0.25, 0.3) is 0 Å². The van der Waals surface area contributed by atoms with Crippen LogP contribution >= 0.6 is 0 Å². The lowest BCUT2D eigenvalue weighted by molar-refractivity contribution is -0.138. The zero-order chi connectivity index (χ0) is 16.2. The van der Waals surface area contributed by atoms with Crippen molar-refractivity contribution in [2.45, 2.75) is 77.2 Å². The van der Waals surface area contributed by atoms with Crippen LogP contribution in [0, 0.1) is 0 Å². The van der Waals surface area contributed by atoms with Crippen molar-refractivity contribution in [1.82, 2.24) is 10.2 Å². The molecule has 5 nitrogen and oxygen atoms in total. The Morgan fingerprint density at radius 3 is 2.59 bits per heavy atom. The van der Waals surface area contributed by atoms with E-state index in [2.05, 4.69) is 12.2 Å². The molecule has 1 atom stereocenters. The minimum Gasteiger partial charge on any atom is -0.354 e. The van der Waals surface area contributed by atoms with Crippen LogP contribution in [-0.4, -0.2) is 42.4 Å². The molecule has 2 amide bonds. The Morgan fingerprint density at radius 2 is 1.86 bits per heavy atom. The summed E-state index contributed by atoms with van der Waals surface area (Å²) in [6.07, 6.45) is 10.1. The number of carbonyl (C=O) groups is 2. The summed E-state index contributed by atoms with van der Waals surface area (Å²) in [6.45, 7) is 4.11. The van der Waals surface area contributed by atoms with Gasteiger partial charge in [-0.25, -0.2) is 0 Å². The van der Waals surface area contributed by atoms with Gasteiger partial charge in [-0.15, -0.1) is 0 Å². The third-order valence-electron chi connectivity index (χ3n) is 4.30. The number of amides is 2. The molecule has 0 aliphatic carbocycles. The maximum atomic E-state index is 12.3. The SMILES string of the molecule is CCCCCCCCC(=O)N1CCC[C@H]1C(=O)NCCCN. The van der Waals surface area contributed by atoms with Crippen LogP contribution in [0.15, 0.2) is 0 Å². The van der Waals surface area contributed by atoms with Crippen LogP contribution in [0.25, 0.3) is 0 Å². The minimum absolute atomic E-state index is 0.0118. The Kier molecular flexibility index (Phi) is 9.87. The fourth-order valence-electron chi connectivity index (χ4n) is 2.97. The molecule has 128 valence electrons. The highest BCUT2D eigenvalue weighted by Crippen LogP contribution is 2.19. The van der Waals surface area contributed by atoms with Gasteiger partial charge < -0.3 is 16.0 Å². The Morgan fingerprint density at radius 1 is 1.14 bits per heavy atom. The van der Waals surface area contributed by atoms with Crippen LogP contribution < -0.4 is 11.1 Å². The van der Waals surface area contributed by atoms with Gasteiger partial charge in [-0.1, -0.05) is 39.0 Å². The van der Waals surface area contributed by atoms with Crippen molar-refractivity contribution in [3.05, 3.63) is 0 Å². The minimum atomic E-state index is -0.259. The molecule has 22 heavy (non-hydrogen) atoms. The highest BCUT2D eigenvalue weighted by atomic mass is 16.2. The maximum absolute atomic E-state index is 12.3. The van der Waals surface area contributed by atoms with Gasteiger partial charge in [-0.2, -0.15) is 0 Å². The molecule has 0 bridgehead atoms. The first-order chi connectivity index (χ1) is 10.7. The lowest BCUT2D eigenvalue weighted by Gasteiger charge is -2.24. The molecular formula is C17H33N3O2. The molecule has 1 aliphatic rings. The molecule has 5 heteroatoms. The summed E-state index contributed by atoms with van der Waals surface area (Å²) in [7, 11) is 0. The number of hydrogen-bond donors (Lipinski definition) is 2. The molecule has 1 heterocycles. The summed E-state index contributed by atoms with van der Waals surface area (Å²) >= 11 is 0. The first-order valence-electron chi connectivity index (χ1n) is 8.98. The molecular weight excluding hydrogens is 278 g/mol. The third-order valence-corrected chi connectivity index (χ3v) is 4.30. The van der Waals surface area contributed by atoms with Crippen LogP contribution in [-0.2, 0) is 9.59 Å². The van der Waals surface area contributed by atoms with Crippen molar-refractivity contribution >= 4 is 11.8 Å². The second-order valence-corrected chi connectivity index (χ2v) is 6.20. The second kappa shape index (κ2) is 11.5. The average molecular weight is 311 g/mol. The zero-order valence-corrected chi connectivity index (χ0v) is 14.1. The van der Waals surface area contributed by atoms with Gasteiger partial charge in [-0.05, 0) is 32.2 Å². The lowest BCUT2D eigenvalue weighted by atomic mass is 10.1. The quantitative estimate of drug-likeness (QED) is 0.574. The van der Waals surface area contributed by atoms with Gasteiger partial charge in [0.15, 0.2) is 0 Å². The molecule has 1 rings (SSSR count). The number of unbranched alkanes of at least 4 members (excludes halogenated alkanes) is 5. The molecule has 1 saturated heterocycles. The van der Waals surface area contributed by atoms with E-state index in [4.69, 9.17) is 5.73 Å². The van der Waals surface area contributed by atoms with E-state index in [1.807, 2.05) is 0 Å². The van der Waals surface area contributed by atoms with E-state index in [0.717, 1.165) is 38.6 Å². The number of nitrogens with zero attached hydrogens (tertiary/aromatic N) is 1. The summed E-state index contributed by atoms with van der Waals surface area (Å²) in [6, 6.07) is -0.259. The zero-order valence-electron chi connectivity index (χ0n) is 14.1. The van der Waals surface area contributed by atoms with E-state index in [-0.39, 0.29) is 17.9 Å². The van der Waals surface area contributed by atoms with Crippen LogP contribution in [0.3, 0.4) is 0 Å². The van der Waals surface area contributed by atoms with E-state index < -0.39 is 0 Å². The van der Waals surface area contributed by atoms with E-state index in [9.17, 15) is 9.59 Å². The number of carbonyl (C=O) groups excluding carboxylic acids is 2. The van der Waals surface area contributed by atoms with Crippen molar-refractivity contribution < 1.29 is 9.59 Å². The number of hydrogen-bond acceptors (Lipinski definition) is 3. The molecule has 0 unspecified atom stereocenters. The van der Waals surface area contributed by atoms with Crippen molar-refractivity contribution in [3.63, 3.8) is 0 Å². The van der Waals surface area contributed by atoms with Gasteiger partial charge in [0, 0.05) is 19.5 Å². The van der Waals surface area contributed by atoms with Crippen LogP contribution in [0.1, 0.15) is 71.1 Å². The standard InChI is InChI=1S/C17H33N3O2/c1-2-3-4-5-6-7-11-16(21)20-14-8-10-15(20)17(22)19-13-9-12-18/h15H,2-14,18H2,1H3,(H,19,22)/t15-/m0/s1. The van der Waals surface area contributed by atoms with Crippen molar-refractivity contribution in [3.8, 4) is 0 Å². The first-order valence-corrected chi connectivity index (χ1v) is 8.98. The molecule has 0 saturated carbocycles. The number of nitrogens with one attached hydrogen (secondary N) is 1. The average Bonchev–Trinajstić information content (AvgIpc) is 3.00. The summed E-state index contributed by atoms with van der Waals surface area (Å²) in [5.74, 6) is 0.134. The predicted molar refractivity (Wildman–Crippen MR) is 89.4 cm³/mol. The largest absolute Gasteiger partial charge is 0.354 e. The van der Waals surface area contributed by atoms with Crippen LogP contribution in [0.2, 0.25) is 0 Å². The van der Waals surface area contributed by atoms with Gasteiger partial charge in [0.1, 0.15) is 6.04 Å². The highest BCUT2D eigenvalue weighted by Gasteiger charge is 2.33. The van der Waals surface area contributed by atoms with Crippen molar-refractivity contribution in [1.29, 1.82) is 0 Å². The van der Waals surface area contributed by atoms with Gasteiger partial charge in [-0.3, -0.25) is 9.59 Å². The van der Waals surface area contributed by atoms with E-state index >= 15 is 0 Å². The number of nitrogens with two attached hydrogens (primary N) is 1. The van der Waals surface area contributed by atoms with Gasteiger partial charge >= 0.3 is 0 Å². The van der Waals surface area contributed by atoms with Crippen molar-refractivity contribution in [2.75, 3.05) is 19.6 Å². The molecule has 1 aliphatic heterocycles. The number of rotatable bonds is 11. The van der Waals surface area contributed by atoms with E-state index in [1.165, 1.54) is 25.7 Å². The second-order valence-electron chi connectivity index (χ2n) is 6.20. The topological polar surface area (TPSA) is 75.4 Å². The molecule has 0 aromatic heterocycles. The van der Waals surface area contributed by atoms with Crippen LogP contribution in [0.5, 0.6) is 0 Å². The molecule has 3 N–H and O–H groups in total. The summed E-state index contributed by atoms with van der Waals surface area (Å²) < 4.78 is 0. The Labute approximate surface area is 135 Å². The van der Waals surface area contributed by atoms with Gasteiger partial charge in [0.2, 0.25) is 11.8 Å². The molecule has 0 aromatic rings. The number of likely N-dealkylation sites (tertiary alicyclic amines) is 1. The third kappa shape index (κ3) is 6.77. The van der Waals surface area contributed by atoms with Crippen LogP contribution in [0.4, 0.5) is 0 Å². The Hall–Kier alpha value is -1.10. The molecule has 1 fully saturated rings. The normalized spacial score (nSPS) is 17.7. The van der Waals surface area contributed by atoms with Gasteiger partial charge in [0.05, 0.1) is 0 Å². The maximum Gasteiger partial charge on any atom is 0.242 e. The highest BCUT2D eigenvalue weighted by molar-refractivity contribution is 5.88. The monoisotopic (exact) mass is 311 g/mol. The smallest absolute Gasteiger partial charge is 0.242 e. The van der Waals surface area contributed by atoms with E-state index in [1.54, 1.807) is 4.90 Å². The summed E-state index contributed by atoms with van der Waals surface area (Å²) in [5, 5.41) is 2.89. The summed E-state index contributed by atoms with van der Waals surface area (Å²) in [5.41, 5.74) is 5.43. The predicted octanol–water partition coefficient (Wildman–Crippen LogP) is 2.19. The van der Waals surface area contributed by atoms with Crippen molar-refractivity contribution in [2.24, 2.45) is 5.73 Å². The lowest BCUT2D eigenvalue weighted by Crippen LogP contribution is -2.46. The van der Waals surface area contributed by atoms with E-state index in [0.29, 0.717) is 19.5 Å². The fourth-order valence-corrected chi connectivity index (χ4v) is 2.97. The fraction of sp³-hybridized carbons (Fsp3) is 0.882. The molecule has 0 aromatic carbocycles. The molecule has 0 spiro atoms. The Balaban J connectivity index is 2.26. The summed E-state index contributed by atoms with van der Waals surface area (Å²) in [4.78, 5) is 26.2. The first kappa shape index (κ1) is 18.9.